The molecule has 0 atom stereocenters. The standard InChI is InChI=1S/C22H16Cl2N2O3/c1-2-28-21(27)13-29-22-19(12-25)18(14-3-7-16(23)8-4-14)11-20(26-22)15-5-9-17(24)10-6-15/h3-11H,2,13H2,1H3. The van der Waals surface area contributed by atoms with Crippen molar-refractivity contribution in [1.82, 2.24) is 4.98 Å². The summed E-state index contributed by atoms with van der Waals surface area (Å²) >= 11 is 12.0. The molecule has 2 aromatic carbocycles. The van der Waals surface area contributed by atoms with E-state index < -0.39 is 5.97 Å². The number of pyridine rings is 1. The first-order chi connectivity index (χ1) is 14.0. The van der Waals surface area contributed by atoms with Gasteiger partial charge in [-0.25, -0.2) is 9.78 Å². The number of benzene rings is 2. The fourth-order valence-corrected chi connectivity index (χ4v) is 2.94. The minimum atomic E-state index is -0.539. The van der Waals surface area contributed by atoms with E-state index in [1.165, 1.54) is 0 Å². The maximum atomic E-state index is 11.7. The number of carbonyl (C=O) groups is 1. The van der Waals surface area contributed by atoms with Gasteiger partial charge in [0.25, 0.3) is 0 Å². The summed E-state index contributed by atoms with van der Waals surface area (Å²) in [5.74, 6) is -0.485. The second kappa shape index (κ2) is 9.42. The molecular formula is C22H16Cl2N2O3. The summed E-state index contributed by atoms with van der Waals surface area (Å²) in [6.07, 6.45) is 0. The smallest absolute Gasteiger partial charge is 0.344 e. The van der Waals surface area contributed by atoms with Crippen molar-refractivity contribution in [2.45, 2.75) is 6.92 Å². The number of ether oxygens (including phenoxy) is 2. The van der Waals surface area contributed by atoms with Crippen molar-refractivity contribution < 1.29 is 14.3 Å². The molecule has 1 aromatic heterocycles. The third kappa shape index (κ3) is 5.05. The van der Waals surface area contributed by atoms with Crippen molar-refractivity contribution in [2.24, 2.45) is 0 Å². The molecule has 0 unspecified atom stereocenters. The summed E-state index contributed by atoms with van der Waals surface area (Å²) in [5, 5.41) is 10.9. The maximum absolute atomic E-state index is 11.7. The summed E-state index contributed by atoms with van der Waals surface area (Å²) in [5.41, 5.74) is 2.96. The van der Waals surface area contributed by atoms with Crippen molar-refractivity contribution >= 4 is 29.2 Å². The molecule has 29 heavy (non-hydrogen) atoms. The molecule has 5 nitrogen and oxygen atoms in total. The zero-order chi connectivity index (χ0) is 20.8. The third-order valence-electron chi connectivity index (χ3n) is 4.03. The van der Waals surface area contributed by atoms with Crippen LogP contribution in [-0.4, -0.2) is 24.2 Å². The lowest BCUT2D eigenvalue weighted by molar-refractivity contribution is -0.145. The van der Waals surface area contributed by atoms with Crippen LogP contribution in [0.5, 0.6) is 5.88 Å². The van der Waals surface area contributed by atoms with E-state index in [-0.39, 0.29) is 24.7 Å². The minimum Gasteiger partial charge on any atom is -0.465 e. The van der Waals surface area contributed by atoms with Crippen molar-refractivity contribution in [3.8, 4) is 34.3 Å². The molecule has 3 rings (SSSR count). The quantitative estimate of drug-likeness (QED) is 0.484. The highest BCUT2D eigenvalue weighted by Crippen LogP contribution is 2.34. The van der Waals surface area contributed by atoms with Gasteiger partial charge in [-0.15, -0.1) is 0 Å². The highest BCUT2D eigenvalue weighted by atomic mass is 35.5. The van der Waals surface area contributed by atoms with Crippen LogP contribution in [0.25, 0.3) is 22.4 Å². The largest absolute Gasteiger partial charge is 0.465 e. The van der Waals surface area contributed by atoms with E-state index in [1.807, 2.05) is 12.1 Å². The molecule has 0 amide bonds. The van der Waals surface area contributed by atoms with Gasteiger partial charge in [-0.05, 0) is 42.8 Å². The SMILES string of the molecule is CCOC(=O)COc1nc(-c2ccc(Cl)cc2)cc(-c2ccc(Cl)cc2)c1C#N. The minimum absolute atomic E-state index is 0.0537. The van der Waals surface area contributed by atoms with Gasteiger partial charge in [0.1, 0.15) is 11.6 Å². The summed E-state index contributed by atoms with van der Waals surface area (Å²) in [6.45, 7) is 1.60. The Labute approximate surface area is 178 Å². The number of aromatic nitrogens is 1. The molecule has 0 spiro atoms. The van der Waals surface area contributed by atoms with E-state index in [0.29, 0.717) is 21.3 Å². The molecule has 0 fully saturated rings. The van der Waals surface area contributed by atoms with Crippen LogP contribution in [0.2, 0.25) is 10.0 Å². The molecule has 0 aliphatic carbocycles. The molecule has 0 aliphatic rings. The van der Waals surface area contributed by atoms with Gasteiger partial charge in [-0.2, -0.15) is 5.26 Å². The first-order valence-corrected chi connectivity index (χ1v) is 9.53. The van der Waals surface area contributed by atoms with Crippen molar-refractivity contribution in [3.63, 3.8) is 0 Å². The lowest BCUT2D eigenvalue weighted by Crippen LogP contribution is -2.16. The lowest BCUT2D eigenvalue weighted by atomic mass is 9.99. The average Bonchev–Trinajstić information content (AvgIpc) is 2.73. The van der Waals surface area contributed by atoms with E-state index in [1.54, 1.807) is 49.4 Å². The van der Waals surface area contributed by atoms with Crippen molar-refractivity contribution in [3.05, 3.63) is 70.2 Å². The number of rotatable bonds is 6. The van der Waals surface area contributed by atoms with Crippen LogP contribution in [0.3, 0.4) is 0 Å². The molecule has 0 radical (unpaired) electrons. The number of nitriles is 1. The number of carbonyl (C=O) groups excluding carboxylic acids is 1. The summed E-state index contributed by atoms with van der Waals surface area (Å²) < 4.78 is 10.4. The second-order valence-electron chi connectivity index (χ2n) is 5.95. The molecule has 0 saturated heterocycles. The number of hydrogen-bond acceptors (Lipinski definition) is 5. The summed E-state index contributed by atoms with van der Waals surface area (Å²) in [4.78, 5) is 16.2. The van der Waals surface area contributed by atoms with Crippen LogP contribution in [0, 0.1) is 11.3 Å². The summed E-state index contributed by atoms with van der Waals surface area (Å²) in [7, 11) is 0. The van der Waals surface area contributed by atoms with E-state index in [4.69, 9.17) is 32.7 Å². The maximum Gasteiger partial charge on any atom is 0.344 e. The summed E-state index contributed by atoms with van der Waals surface area (Å²) in [6, 6.07) is 18.1. The zero-order valence-corrected chi connectivity index (χ0v) is 17.0. The van der Waals surface area contributed by atoms with Gasteiger partial charge in [-0.1, -0.05) is 47.5 Å². The normalized spacial score (nSPS) is 10.3. The van der Waals surface area contributed by atoms with Gasteiger partial charge < -0.3 is 9.47 Å². The molecular weight excluding hydrogens is 411 g/mol. The van der Waals surface area contributed by atoms with Crippen LogP contribution in [0.4, 0.5) is 0 Å². The fraction of sp³-hybridized carbons (Fsp3) is 0.136. The van der Waals surface area contributed by atoms with Gasteiger partial charge in [-0.3, -0.25) is 0 Å². The number of nitrogens with zero attached hydrogens (tertiary/aromatic N) is 2. The van der Waals surface area contributed by atoms with Crippen LogP contribution in [0.1, 0.15) is 12.5 Å². The first-order valence-electron chi connectivity index (χ1n) is 8.77. The monoisotopic (exact) mass is 426 g/mol. The van der Waals surface area contributed by atoms with Gasteiger partial charge in [0.05, 0.1) is 12.3 Å². The van der Waals surface area contributed by atoms with Crippen LogP contribution >= 0.6 is 23.2 Å². The Morgan fingerprint density at radius 2 is 1.62 bits per heavy atom. The number of esters is 1. The predicted molar refractivity (Wildman–Crippen MR) is 112 cm³/mol. The van der Waals surface area contributed by atoms with E-state index >= 15 is 0 Å². The van der Waals surface area contributed by atoms with E-state index in [9.17, 15) is 10.1 Å². The average molecular weight is 427 g/mol. The fourth-order valence-electron chi connectivity index (χ4n) is 2.69. The Kier molecular flexibility index (Phi) is 6.71. The van der Waals surface area contributed by atoms with Crippen LogP contribution < -0.4 is 4.74 Å². The molecule has 1 heterocycles. The number of hydrogen-bond donors (Lipinski definition) is 0. The van der Waals surface area contributed by atoms with E-state index in [0.717, 1.165) is 11.1 Å². The third-order valence-corrected chi connectivity index (χ3v) is 4.53. The molecule has 146 valence electrons. The lowest BCUT2D eigenvalue weighted by Gasteiger charge is -2.13. The van der Waals surface area contributed by atoms with Crippen molar-refractivity contribution in [1.29, 1.82) is 5.26 Å². The Bertz CT molecular complexity index is 1060. The Morgan fingerprint density at radius 3 is 2.17 bits per heavy atom. The Morgan fingerprint density at radius 1 is 1.03 bits per heavy atom. The van der Waals surface area contributed by atoms with Gasteiger partial charge in [0, 0.05) is 21.2 Å². The zero-order valence-electron chi connectivity index (χ0n) is 15.5. The Hall–Kier alpha value is -3.07. The Balaban J connectivity index is 2.12. The molecule has 3 aromatic rings. The van der Waals surface area contributed by atoms with Gasteiger partial charge in [0.15, 0.2) is 6.61 Å². The topological polar surface area (TPSA) is 72.2 Å². The first kappa shape index (κ1) is 20.7. The second-order valence-corrected chi connectivity index (χ2v) is 6.83. The number of halogens is 2. The highest BCUT2D eigenvalue weighted by Gasteiger charge is 2.18. The molecule has 0 bridgehead atoms. The molecule has 7 heteroatoms. The molecule has 0 saturated carbocycles. The predicted octanol–water partition coefficient (Wildman–Crippen LogP) is 5.54. The highest BCUT2D eigenvalue weighted by molar-refractivity contribution is 6.30. The van der Waals surface area contributed by atoms with Crippen LogP contribution in [0.15, 0.2) is 54.6 Å². The van der Waals surface area contributed by atoms with Gasteiger partial charge in [0.2, 0.25) is 5.88 Å². The molecule has 0 N–H and O–H groups in total. The van der Waals surface area contributed by atoms with Crippen LogP contribution in [-0.2, 0) is 9.53 Å². The molecule has 0 aliphatic heterocycles. The van der Waals surface area contributed by atoms with Gasteiger partial charge >= 0.3 is 5.97 Å². The van der Waals surface area contributed by atoms with Crippen molar-refractivity contribution in [2.75, 3.05) is 13.2 Å². The van der Waals surface area contributed by atoms with E-state index in [2.05, 4.69) is 11.1 Å².